The van der Waals surface area contributed by atoms with Crippen LogP contribution in [0.3, 0.4) is 0 Å². The van der Waals surface area contributed by atoms with E-state index in [4.69, 9.17) is 10.5 Å². The molecule has 1 amide bonds. The van der Waals surface area contributed by atoms with Gasteiger partial charge in [-0.3, -0.25) is 4.79 Å². The molecule has 5 nitrogen and oxygen atoms in total. The molecule has 0 radical (unpaired) electrons. The van der Waals surface area contributed by atoms with Gasteiger partial charge in [-0.15, -0.1) is 0 Å². The van der Waals surface area contributed by atoms with Crippen LogP contribution in [0.4, 0.5) is 0 Å². The quantitative estimate of drug-likeness (QED) is 0.724. The molecule has 3 rings (SSSR count). The molecule has 0 fully saturated rings. The molecule has 6 heteroatoms. The van der Waals surface area contributed by atoms with E-state index in [1.165, 1.54) is 19.2 Å². The summed E-state index contributed by atoms with van der Waals surface area (Å²) in [7, 11) is -2.41. The number of amides is 1. The molecule has 0 aliphatic rings. The molecule has 1 unspecified atom stereocenters. The molecule has 0 aliphatic carbocycles. The summed E-state index contributed by atoms with van der Waals surface area (Å²) >= 11 is 0. The molecule has 3 aromatic rings. The first-order valence-corrected chi connectivity index (χ1v) is 9.61. The van der Waals surface area contributed by atoms with Gasteiger partial charge in [0.15, 0.2) is 9.84 Å². The molecule has 0 heterocycles. The maximum Gasteiger partial charge on any atom is 0.236 e. The fourth-order valence-corrected chi connectivity index (χ4v) is 4.43. The third kappa shape index (κ3) is 3.55. The van der Waals surface area contributed by atoms with Crippen molar-refractivity contribution >= 4 is 26.5 Å². The van der Waals surface area contributed by atoms with Crippen LogP contribution in [-0.4, -0.2) is 26.7 Å². The average Bonchev–Trinajstić information content (AvgIpc) is 2.65. The van der Waals surface area contributed by atoms with E-state index in [2.05, 4.69) is 0 Å². The molecule has 1 atom stereocenters. The average molecular weight is 369 g/mol. The Morgan fingerprint density at radius 3 is 2.27 bits per heavy atom. The first-order valence-electron chi connectivity index (χ1n) is 8.07. The molecule has 26 heavy (non-hydrogen) atoms. The highest BCUT2D eigenvalue weighted by atomic mass is 32.2. The number of benzene rings is 3. The minimum absolute atomic E-state index is 0.0224. The van der Waals surface area contributed by atoms with E-state index >= 15 is 0 Å². The molecule has 0 aromatic heterocycles. The van der Waals surface area contributed by atoms with Gasteiger partial charge in [0.25, 0.3) is 0 Å². The zero-order valence-corrected chi connectivity index (χ0v) is 15.1. The van der Waals surface area contributed by atoms with Gasteiger partial charge >= 0.3 is 0 Å². The summed E-state index contributed by atoms with van der Waals surface area (Å²) in [5, 5.41) is 0.692. The highest BCUT2D eigenvalue weighted by Gasteiger charge is 2.32. The number of nitrogens with two attached hydrogens (primary N) is 1. The Bertz CT molecular complexity index is 1040. The summed E-state index contributed by atoms with van der Waals surface area (Å²) in [6, 6.07) is 19.3. The number of carbonyl (C=O) groups is 1. The molecular weight excluding hydrogens is 350 g/mol. The predicted molar refractivity (Wildman–Crippen MR) is 101 cm³/mol. The van der Waals surface area contributed by atoms with Crippen LogP contribution in [-0.2, 0) is 21.1 Å². The van der Waals surface area contributed by atoms with Crippen LogP contribution in [0.25, 0.3) is 10.8 Å². The van der Waals surface area contributed by atoms with Gasteiger partial charge in [0.1, 0.15) is 11.0 Å². The predicted octanol–water partition coefficient (Wildman–Crippen LogP) is 2.72. The lowest BCUT2D eigenvalue weighted by Gasteiger charge is -2.15. The summed E-state index contributed by atoms with van der Waals surface area (Å²) in [5.74, 6) is -0.330. The van der Waals surface area contributed by atoms with Crippen LogP contribution in [0.2, 0.25) is 0 Å². The Balaban J connectivity index is 1.95. The van der Waals surface area contributed by atoms with Gasteiger partial charge in [-0.2, -0.15) is 0 Å². The minimum atomic E-state index is -3.91. The summed E-state index contributed by atoms with van der Waals surface area (Å²) < 4.78 is 30.8. The summed E-state index contributed by atoms with van der Waals surface area (Å²) in [4.78, 5) is 12.0. The van der Waals surface area contributed by atoms with Crippen molar-refractivity contribution in [2.45, 2.75) is 16.6 Å². The Morgan fingerprint density at radius 1 is 1.00 bits per heavy atom. The van der Waals surface area contributed by atoms with Crippen LogP contribution in [0.15, 0.2) is 71.6 Å². The number of rotatable bonds is 6. The normalized spacial score (nSPS) is 12.7. The van der Waals surface area contributed by atoms with Crippen LogP contribution < -0.4 is 10.5 Å². The number of methoxy groups -OCH3 is 1. The van der Waals surface area contributed by atoms with Crippen LogP contribution in [0.1, 0.15) is 5.56 Å². The van der Waals surface area contributed by atoms with Crippen molar-refractivity contribution in [3.8, 4) is 5.75 Å². The van der Waals surface area contributed by atoms with Crippen molar-refractivity contribution in [2.75, 3.05) is 7.11 Å². The third-order valence-corrected chi connectivity index (χ3v) is 6.39. The second-order valence-corrected chi connectivity index (χ2v) is 8.13. The van der Waals surface area contributed by atoms with Crippen molar-refractivity contribution in [1.82, 2.24) is 0 Å². The zero-order chi connectivity index (χ0) is 18.7. The Kier molecular flexibility index (Phi) is 4.95. The second kappa shape index (κ2) is 7.17. The standard InChI is InChI=1S/C20H19NO4S/c1-25-17-8-10-18(11-9-17)26(23,24)19(20(21)22)13-14-6-7-15-4-2-3-5-16(15)12-14/h2-12,19H,13H2,1H3,(H2,21,22). The molecule has 0 saturated heterocycles. The highest BCUT2D eigenvalue weighted by Crippen LogP contribution is 2.23. The molecule has 0 spiro atoms. The maximum absolute atomic E-state index is 12.9. The number of primary amides is 1. The fourth-order valence-electron chi connectivity index (χ4n) is 2.87. The zero-order valence-electron chi connectivity index (χ0n) is 14.3. The van der Waals surface area contributed by atoms with Crippen molar-refractivity contribution < 1.29 is 17.9 Å². The Hall–Kier alpha value is -2.86. The monoisotopic (exact) mass is 369 g/mol. The maximum atomic E-state index is 12.9. The highest BCUT2D eigenvalue weighted by molar-refractivity contribution is 7.92. The van der Waals surface area contributed by atoms with Gasteiger partial charge in [0.05, 0.1) is 12.0 Å². The van der Waals surface area contributed by atoms with Crippen molar-refractivity contribution in [1.29, 1.82) is 0 Å². The van der Waals surface area contributed by atoms with E-state index in [0.29, 0.717) is 5.75 Å². The number of hydrogen-bond acceptors (Lipinski definition) is 4. The molecule has 0 bridgehead atoms. The number of sulfone groups is 1. The van der Waals surface area contributed by atoms with Gasteiger partial charge < -0.3 is 10.5 Å². The Morgan fingerprint density at radius 2 is 1.65 bits per heavy atom. The lowest BCUT2D eigenvalue weighted by atomic mass is 10.0. The van der Waals surface area contributed by atoms with E-state index in [9.17, 15) is 13.2 Å². The van der Waals surface area contributed by atoms with E-state index in [0.717, 1.165) is 16.3 Å². The largest absolute Gasteiger partial charge is 0.497 e. The van der Waals surface area contributed by atoms with E-state index < -0.39 is 21.0 Å². The number of carbonyl (C=O) groups excluding carboxylic acids is 1. The topological polar surface area (TPSA) is 86.5 Å². The molecule has 0 aliphatic heterocycles. The minimum Gasteiger partial charge on any atom is -0.497 e. The third-order valence-electron chi connectivity index (χ3n) is 4.31. The summed E-state index contributed by atoms with van der Waals surface area (Å²) in [6.45, 7) is 0. The first-order chi connectivity index (χ1) is 12.4. The lowest BCUT2D eigenvalue weighted by molar-refractivity contribution is -0.117. The van der Waals surface area contributed by atoms with Crippen molar-refractivity contribution in [2.24, 2.45) is 5.73 Å². The van der Waals surface area contributed by atoms with Gasteiger partial charge in [-0.25, -0.2) is 8.42 Å². The SMILES string of the molecule is COc1ccc(S(=O)(=O)C(Cc2ccc3ccccc3c2)C(N)=O)cc1. The number of fused-ring (bicyclic) bond motifs is 1. The van der Waals surface area contributed by atoms with E-state index in [-0.39, 0.29) is 11.3 Å². The molecule has 2 N–H and O–H groups in total. The smallest absolute Gasteiger partial charge is 0.236 e. The van der Waals surface area contributed by atoms with Gasteiger partial charge in [-0.1, -0.05) is 42.5 Å². The molecule has 134 valence electrons. The van der Waals surface area contributed by atoms with Gasteiger partial charge in [0.2, 0.25) is 5.91 Å². The van der Waals surface area contributed by atoms with Gasteiger partial charge in [-0.05, 0) is 47.0 Å². The van der Waals surface area contributed by atoms with Crippen LogP contribution >= 0.6 is 0 Å². The molecule has 3 aromatic carbocycles. The van der Waals surface area contributed by atoms with Crippen LogP contribution in [0, 0.1) is 0 Å². The first kappa shape index (κ1) is 17.9. The van der Waals surface area contributed by atoms with E-state index in [1.54, 1.807) is 12.1 Å². The van der Waals surface area contributed by atoms with Crippen molar-refractivity contribution in [3.63, 3.8) is 0 Å². The molecular formula is C20H19NO4S. The van der Waals surface area contributed by atoms with Crippen LogP contribution in [0.5, 0.6) is 5.75 Å². The number of ether oxygens (including phenoxy) is 1. The van der Waals surface area contributed by atoms with Gasteiger partial charge in [0, 0.05) is 0 Å². The number of hydrogen-bond donors (Lipinski definition) is 1. The fraction of sp³-hybridized carbons (Fsp3) is 0.150. The van der Waals surface area contributed by atoms with E-state index in [1.807, 2.05) is 42.5 Å². The summed E-state index contributed by atoms with van der Waals surface area (Å²) in [5.41, 5.74) is 6.17. The lowest BCUT2D eigenvalue weighted by Crippen LogP contribution is -2.37. The van der Waals surface area contributed by atoms with Crippen molar-refractivity contribution in [3.05, 3.63) is 72.3 Å². The Labute approximate surface area is 152 Å². The second-order valence-electron chi connectivity index (χ2n) is 6.00. The summed E-state index contributed by atoms with van der Waals surface area (Å²) in [6.07, 6.45) is 0.0224. The molecule has 0 saturated carbocycles.